The topological polar surface area (TPSA) is 394 Å². The third kappa shape index (κ3) is 28.2. The monoisotopic (exact) mass is 1880 g/mol. The van der Waals surface area contributed by atoms with E-state index in [9.17, 15) is 24.3 Å². The maximum absolute atomic E-state index is 15.8. The number of nitrogens with one attached hydrogen (secondary N) is 9. The van der Waals surface area contributed by atoms with Crippen LogP contribution in [-0.4, -0.2) is 189 Å². The van der Waals surface area contributed by atoms with Gasteiger partial charge in [0.1, 0.15) is 94.4 Å². The number of carbonyl (C=O) groups is 12. The predicted octanol–water partition coefficient (Wildman–Crippen LogP) is 11.9. The summed E-state index contributed by atoms with van der Waals surface area (Å²) in [6, 6.07) is 54.3. The number of ether oxygens (including phenoxy) is 3. The van der Waals surface area contributed by atoms with Crippen LogP contribution >= 0.6 is 11.8 Å². The highest BCUT2D eigenvalue weighted by Crippen LogP contribution is 2.49. The minimum atomic E-state index is -1.67. The van der Waals surface area contributed by atoms with E-state index < -0.39 is 184 Å². The minimum Gasteiger partial charge on any atom is -0.497 e. The fourth-order valence-electron chi connectivity index (χ4n) is 17.2. The molecule has 0 aromatic heterocycles. The number of amides is 11. The smallest absolute Gasteiger partial charge is 0.326 e. The van der Waals surface area contributed by atoms with Gasteiger partial charge in [0.15, 0.2) is 0 Å². The van der Waals surface area contributed by atoms with Crippen molar-refractivity contribution < 1.29 is 76.9 Å². The fraction of sp³-hybridized carbons (Fsp3) is 0.439. The number of hydrogen-bond donors (Lipinski definition) is 11. The first-order chi connectivity index (χ1) is 64.8. The van der Waals surface area contributed by atoms with Crippen molar-refractivity contribution in [2.75, 3.05) is 26.0 Å². The van der Waals surface area contributed by atoms with Gasteiger partial charge >= 0.3 is 5.97 Å². The maximum Gasteiger partial charge on any atom is 0.326 e. The molecule has 0 radical (unpaired) electrons. The maximum atomic E-state index is 15.8. The molecule has 13 atom stereocenters. The molecule has 10 rings (SSSR count). The number of benzene rings is 8. The number of nitrogens with zero attached hydrogens (tertiary/aromatic N) is 2. The summed E-state index contributed by atoms with van der Waals surface area (Å²) < 4.78 is 16.7. The second-order valence-corrected chi connectivity index (χ2v) is 39.1. The summed E-state index contributed by atoms with van der Waals surface area (Å²) in [6.07, 6.45) is 1.25. The molecule has 12 N–H and O–H groups in total. The molecule has 2 heterocycles. The molecule has 0 unspecified atom stereocenters. The number of likely N-dealkylation sites (tertiary alicyclic amines) is 2. The lowest BCUT2D eigenvalue weighted by Crippen LogP contribution is -2.61. The first kappa shape index (κ1) is 105. The Bertz CT molecular complexity index is 5200. The number of nitrogens with two attached hydrogens (primary N) is 1. The summed E-state index contributed by atoms with van der Waals surface area (Å²) >= 11 is 1.32. The quantitative estimate of drug-likeness (QED) is 0.0158. The third-order valence-corrected chi connectivity index (χ3v) is 26.5. The summed E-state index contributed by atoms with van der Waals surface area (Å²) in [5.41, 5.74) is 9.97. The van der Waals surface area contributed by atoms with E-state index in [1.54, 1.807) is 50.4 Å². The Hall–Kier alpha value is -12.9. The summed E-state index contributed by atoms with van der Waals surface area (Å²) in [4.78, 5) is 182. The van der Waals surface area contributed by atoms with Gasteiger partial charge in [0.05, 0.1) is 17.9 Å². The van der Waals surface area contributed by atoms with E-state index in [0.29, 0.717) is 65.2 Å². The van der Waals surface area contributed by atoms with Gasteiger partial charge in [-0.25, -0.2) is 4.79 Å². The van der Waals surface area contributed by atoms with Crippen LogP contribution in [0.4, 0.5) is 0 Å². The normalized spacial score (nSPS) is 16.4. The van der Waals surface area contributed by atoms with Gasteiger partial charge in [-0.1, -0.05) is 242 Å². The lowest BCUT2D eigenvalue weighted by Gasteiger charge is -2.37. The standard InChI is InChI=1S/C107H136N12O16S/c1-16-68(5)91(115-95(123)83(108)64-72-47-53-81(54-48-72)134-104(9,10)11)101(129)118-61-33-45-88(118)99(127)112-85(65-73-49-55-82(56-50-73)135-105(12,13)14)97(125)111-84(59-60-90(120)117-106(74-35-23-18-24-36-74,75-37-25-19-26-38-75)76-39-27-20-28-40-76)96(124)110-70(7)93(121)109-71(8)94(122)114-87(66-136-107(77-41-29-21-30-42-77,78-43-31-22-32-44-78)79-51-57-80(133-15)58-52-79)98(126)116-92(69(6)17-2)102(130)119-62-34-46-89(119)100(128)113-86(103(131)132)63-67(3)4/h18-32,35-44,47-58,67-71,83-89,91-92H,16-17,33-34,45-46,59-66,108H2,1-15H3,(H,109,121)(H,110,124)(H,111,125)(H,112,127)(H,113,128)(H,114,122)(H,115,123)(H,116,126)(H,117,120)(H,131,132)/t68-,69-,70-,71-,83-,84-,85-,86-,87-,88-,89-,91-,92-/m0/s1. The van der Waals surface area contributed by atoms with Crippen LogP contribution in [-0.2, 0) is 80.7 Å². The SMILES string of the molecule is CC[C@H](C)[C@H](NC(=O)[C@H](CSC(c1ccccc1)(c1ccccc1)c1ccc(OC)cc1)NC(=O)[C@H](C)NC(=O)[C@H](C)NC(=O)[C@H](CCC(=O)NC(c1ccccc1)(c1ccccc1)c1ccccc1)NC(=O)[C@H](Cc1ccc(OC(C)(C)C)cc1)NC(=O)[C@@H]1CCCN1C(=O)[C@@H](NC(=O)[C@@H](N)Cc1ccc(OC(C)(C)C)cc1)[C@@H](C)CC)C(=O)N1CCC[C@H]1C(=O)N[C@@H](CC(C)C)C(=O)O. The molecule has 136 heavy (non-hydrogen) atoms. The van der Waals surface area contributed by atoms with Crippen LogP contribution in [0.15, 0.2) is 224 Å². The average Bonchev–Trinajstić information content (AvgIpc) is 0.951. The van der Waals surface area contributed by atoms with Crippen molar-refractivity contribution in [3.63, 3.8) is 0 Å². The van der Waals surface area contributed by atoms with Crippen LogP contribution in [0.1, 0.15) is 199 Å². The van der Waals surface area contributed by atoms with E-state index in [1.165, 1.54) is 35.4 Å². The Morgan fingerprint density at radius 3 is 1.21 bits per heavy atom. The number of rotatable bonds is 45. The molecule has 0 aliphatic carbocycles. The second kappa shape index (κ2) is 48.5. The minimum absolute atomic E-state index is 0.0866. The number of methoxy groups -OCH3 is 1. The number of carbonyl (C=O) groups excluding carboxylic acids is 11. The molecule has 2 saturated heterocycles. The Kier molecular flexibility index (Phi) is 37.5. The Labute approximate surface area is 803 Å². The molecule has 8 aromatic rings. The molecule has 0 bridgehead atoms. The van der Waals surface area contributed by atoms with Gasteiger partial charge in [0, 0.05) is 31.7 Å². The van der Waals surface area contributed by atoms with Crippen molar-refractivity contribution in [2.24, 2.45) is 23.5 Å². The van der Waals surface area contributed by atoms with Crippen molar-refractivity contribution in [3.05, 3.63) is 269 Å². The highest BCUT2D eigenvalue weighted by Gasteiger charge is 2.47. The van der Waals surface area contributed by atoms with Crippen molar-refractivity contribution >= 4 is 82.7 Å². The van der Waals surface area contributed by atoms with E-state index in [0.717, 1.165) is 22.3 Å². The zero-order chi connectivity index (χ0) is 98.8. The lowest BCUT2D eigenvalue weighted by molar-refractivity contribution is -0.145. The summed E-state index contributed by atoms with van der Waals surface area (Å²) in [5, 5.41) is 36.2. The van der Waals surface area contributed by atoms with Gasteiger partial charge in [-0.05, 0) is 199 Å². The van der Waals surface area contributed by atoms with E-state index in [2.05, 4.69) is 47.9 Å². The molecule has 2 aliphatic heterocycles. The lowest BCUT2D eigenvalue weighted by atomic mass is 9.77. The van der Waals surface area contributed by atoms with Crippen LogP contribution in [0.5, 0.6) is 17.2 Å². The van der Waals surface area contributed by atoms with Gasteiger partial charge in [0.2, 0.25) is 65.0 Å². The number of thioether (sulfide) groups is 1. The molecule has 0 saturated carbocycles. The van der Waals surface area contributed by atoms with E-state index in [4.69, 9.17) is 19.9 Å². The molecular weight excluding hydrogens is 1740 g/mol. The summed E-state index contributed by atoms with van der Waals surface area (Å²) in [5.74, 6) is -8.81. The predicted molar refractivity (Wildman–Crippen MR) is 526 cm³/mol. The van der Waals surface area contributed by atoms with Crippen LogP contribution in [0.3, 0.4) is 0 Å². The fourth-order valence-corrected chi connectivity index (χ4v) is 18.8. The van der Waals surface area contributed by atoms with E-state index in [1.807, 2.05) is 264 Å². The molecule has 0 spiro atoms. The zero-order valence-corrected chi connectivity index (χ0v) is 81.6. The number of aliphatic carboxylic acids is 1. The van der Waals surface area contributed by atoms with Gasteiger partial charge < -0.3 is 82.7 Å². The second-order valence-electron chi connectivity index (χ2n) is 37.9. The van der Waals surface area contributed by atoms with Crippen molar-refractivity contribution in [2.45, 2.75) is 256 Å². The van der Waals surface area contributed by atoms with E-state index >= 15 is 38.4 Å². The average molecular weight is 1880 g/mol. The Balaban J connectivity index is 0.954. The highest BCUT2D eigenvalue weighted by molar-refractivity contribution is 8.00. The summed E-state index contributed by atoms with van der Waals surface area (Å²) in [7, 11) is 1.56. The summed E-state index contributed by atoms with van der Waals surface area (Å²) in [6.45, 7) is 25.5. The molecular formula is C107H136N12O16S. The molecule has 29 heteroatoms. The van der Waals surface area contributed by atoms with Crippen LogP contribution in [0, 0.1) is 17.8 Å². The van der Waals surface area contributed by atoms with E-state index in [-0.39, 0.29) is 56.9 Å². The van der Waals surface area contributed by atoms with Gasteiger partial charge in [-0.2, -0.15) is 0 Å². The molecule has 726 valence electrons. The van der Waals surface area contributed by atoms with Crippen molar-refractivity contribution in [3.8, 4) is 17.2 Å². The highest BCUT2D eigenvalue weighted by atomic mass is 32.2. The van der Waals surface area contributed by atoms with Gasteiger partial charge in [-0.15, -0.1) is 11.8 Å². The van der Waals surface area contributed by atoms with Crippen LogP contribution in [0.2, 0.25) is 0 Å². The van der Waals surface area contributed by atoms with Crippen LogP contribution < -0.4 is 67.8 Å². The number of carboxylic acid groups (broad SMARTS) is 1. The Morgan fingerprint density at radius 2 is 0.794 bits per heavy atom. The Morgan fingerprint density at radius 1 is 0.426 bits per heavy atom. The van der Waals surface area contributed by atoms with Crippen LogP contribution in [0.25, 0.3) is 0 Å². The molecule has 28 nitrogen and oxygen atoms in total. The molecule has 11 amide bonds. The first-order valence-electron chi connectivity index (χ1n) is 47.2. The zero-order valence-electron chi connectivity index (χ0n) is 80.8. The first-order valence-corrected chi connectivity index (χ1v) is 48.2. The van der Waals surface area contributed by atoms with Crippen molar-refractivity contribution in [1.29, 1.82) is 0 Å². The number of carboxylic acids is 1. The van der Waals surface area contributed by atoms with Gasteiger partial charge in [0.25, 0.3) is 0 Å². The largest absolute Gasteiger partial charge is 0.497 e. The number of hydrogen-bond acceptors (Lipinski definition) is 17. The molecule has 8 aromatic carbocycles. The molecule has 2 aliphatic rings. The van der Waals surface area contributed by atoms with Gasteiger partial charge in [-0.3, -0.25) is 52.7 Å². The third-order valence-electron chi connectivity index (χ3n) is 24.8. The van der Waals surface area contributed by atoms with Crippen molar-refractivity contribution in [1.82, 2.24) is 57.7 Å². The molecule has 2 fully saturated rings.